The van der Waals surface area contributed by atoms with Gasteiger partial charge in [-0.25, -0.2) is 4.39 Å². The van der Waals surface area contributed by atoms with Crippen LogP contribution in [0.4, 0.5) is 23.2 Å². The average molecular weight is 238 g/mol. The lowest BCUT2D eigenvalue weighted by Gasteiger charge is -2.12. The summed E-state index contributed by atoms with van der Waals surface area (Å²) in [4.78, 5) is 10.7. The first kappa shape index (κ1) is 12.1. The van der Waals surface area contributed by atoms with Crippen molar-refractivity contribution in [2.45, 2.75) is 6.36 Å². The van der Waals surface area contributed by atoms with Crippen LogP contribution < -0.4 is 16.2 Å². The summed E-state index contributed by atoms with van der Waals surface area (Å²) in [6.45, 7) is 0. The van der Waals surface area contributed by atoms with Crippen LogP contribution in [0.5, 0.6) is 5.75 Å². The molecule has 8 heteroatoms. The molecule has 16 heavy (non-hydrogen) atoms. The van der Waals surface area contributed by atoms with Crippen molar-refractivity contribution >= 4 is 11.6 Å². The number of hydrogen-bond acceptors (Lipinski definition) is 3. The molecule has 0 aliphatic rings. The molecule has 0 heterocycles. The molecule has 0 radical (unpaired) electrons. The molecule has 0 atom stereocenters. The molecule has 1 aromatic carbocycles. The minimum atomic E-state index is -5.07. The maximum Gasteiger partial charge on any atom is 0.573 e. The fourth-order valence-electron chi connectivity index (χ4n) is 1.05. The Morgan fingerprint density at radius 2 is 1.88 bits per heavy atom. The molecule has 4 nitrogen and oxygen atoms in total. The third kappa shape index (κ3) is 2.75. The van der Waals surface area contributed by atoms with Crippen LogP contribution in [0.25, 0.3) is 0 Å². The molecule has 88 valence electrons. The summed E-state index contributed by atoms with van der Waals surface area (Å²) < 4.78 is 52.3. The zero-order chi connectivity index (χ0) is 12.5. The predicted octanol–water partition coefficient (Wildman–Crippen LogP) is 1.41. The highest BCUT2D eigenvalue weighted by Gasteiger charge is 2.33. The number of ether oxygens (including phenoxy) is 1. The Labute approximate surface area is 86.8 Å². The highest BCUT2D eigenvalue weighted by Crippen LogP contribution is 2.30. The molecule has 1 rings (SSSR count). The Morgan fingerprint density at radius 1 is 1.31 bits per heavy atom. The van der Waals surface area contributed by atoms with Gasteiger partial charge in [-0.3, -0.25) is 4.79 Å². The number of hydrogen-bond donors (Lipinski definition) is 2. The summed E-state index contributed by atoms with van der Waals surface area (Å²) >= 11 is 0. The average Bonchev–Trinajstić information content (AvgIpc) is 1.96. The van der Waals surface area contributed by atoms with Gasteiger partial charge in [0.2, 0.25) is 0 Å². The Hall–Kier alpha value is -1.99. The van der Waals surface area contributed by atoms with Crippen LogP contribution in [-0.2, 0) is 0 Å². The topological polar surface area (TPSA) is 78.3 Å². The van der Waals surface area contributed by atoms with E-state index >= 15 is 0 Å². The molecule has 0 aliphatic heterocycles. The molecule has 0 bridgehead atoms. The second-order valence-corrected chi connectivity index (χ2v) is 2.79. The van der Waals surface area contributed by atoms with Crippen molar-refractivity contribution in [2.24, 2.45) is 5.73 Å². The lowest BCUT2D eigenvalue weighted by atomic mass is 10.1. The number of rotatable bonds is 2. The third-order valence-corrected chi connectivity index (χ3v) is 1.55. The molecule has 1 aromatic rings. The predicted molar refractivity (Wildman–Crippen MR) is 46.0 cm³/mol. The molecule has 0 saturated heterocycles. The SMILES string of the molecule is NC(=O)c1c(F)cc(N)cc1OC(F)(F)F. The minimum absolute atomic E-state index is 0.318. The van der Waals surface area contributed by atoms with Crippen LogP contribution in [0, 0.1) is 5.82 Å². The highest BCUT2D eigenvalue weighted by molar-refractivity contribution is 5.96. The van der Waals surface area contributed by atoms with E-state index in [1.54, 1.807) is 0 Å². The summed E-state index contributed by atoms with van der Waals surface area (Å²) in [6.07, 6.45) is -5.07. The second kappa shape index (κ2) is 3.87. The molecule has 4 N–H and O–H groups in total. The van der Waals surface area contributed by atoms with E-state index < -0.39 is 29.4 Å². The van der Waals surface area contributed by atoms with E-state index in [1.807, 2.05) is 0 Å². The highest BCUT2D eigenvalue weighted by atomic mass is 19.4. The number of anilines is 1. The van der Waals surface area contributed by atoms with E-state index in [0.29, 0.717) is 12.1 Å². The van der Waals surface area contributed by atoms with Gasteiger partial charge in [-0.05, 0) is 6.07 Å². The first-order valence-corrected chi connectivity index (χ1v) is 3.85. The number of primary amides is 1. The van der Waals surface area contributed by atoms with E-state index in [4.69, 9.17) is 11.5 Å². The van der Waals surface area contributed by atoms with Crippen molar-refractivity contribution in [1.29, 1.82) is 0 Å². The van der Waals surface area contributed by atoms with E-state index in [2.05, 4.69) is 4.74 Å². The lowest BCUT2D eigenvalue weighted by Crippen LogP contribution is -2.22. The maximum atomic E-state index is 13.1. The number of nitrogen functional groups attached to an aromatic ring is 1. The van der Waals surface area contributed by atoms with Crippen molar-refractivity contribution in [1.82, 2.24) is 0 Å². The van der Waals surface area contributed by atoms with Gasteiger partial charge in [-0.15, -0.1) is 13.2 Å². The molecule has 0 fully saturated rings. The smallest absolute Gasteiger partial charge is 0.405 e. The van der Waals surface area contributed by atoms with Gasteiger partial charge < -0.3 is 16.2 Å². The summed E-state index contributed by atoms with van der Waals surface area (Å²) in [5, 5.41) is 0. The van der Waals surface area contributed by atoms with E-state index in [9.17, 15) is 22.4 Å². The van der Waals surface area contributed by atoms with Crippen molar-refractivity contribution in [3.05, 3.63) is 23.5 Å². The van der Waals surface area contributed by atoms with E-state index in [0.717, 1.165) is 0 Å². The Balaban J connectivity index is 3.30. The van der Waals surface area contributed by atoms with Gasteiger partial charge in [0.05, 0.1) is 0 Å². The number of carbonyl (C=O) groups is 1. The van der Waals surface area contributed by atoms with Crippen molar-refractivity contribution in [3.63, 3.8) is 0 Å². The van der Waals surface area contributed by atoms with E-state index in [-0.39, 0.29) is 5.69 Å². The van der Waals surface area contributed by atoms with Gasteiger partial charge in [0.25, 0.3) is 5.91 Å². The maximum absolute atomic E-state index is 13.1. The van der Waals surface area contributed by atoms with Crippen molar-refractivity contribution in [3.8, 4) is 5.75 Å². The van der Waals surface area contributed by atoms with Gasteiger partial charge in [0.1, 0.15) is 17.1 Å². The molecule has 0 spiro atoms. The Bertz CT molecular complexity index is 431. The first-order valence-electron chi connectivity index (χ1n) is 3.85. The van der Waals surface area contributed by atoms with Gasteiger partial charge in [-0.1, -0.05) is 0 Å². The molecular formula is C8H6F4N2O2. The molecular weight excluding hydrogens is 232 g/mol. The molecule has 1 amide bonds. The monoisotopic (exact) mass is 238 g/mol. The normalized spacial score (nSPS) is 11.2. The van der Waals surface area contributed by atoms with Crippen LogP contribution in [-0.4, -0.2) is 12.3 Å². The largest absolute Gasteiger partial charge is 0.573 e. The van der Waals surface area contributed by atoms with Gasteiger partial charge in [0, 0.05) is 11.8 Å². The van der Waals surface area contributed by atoms with Crippen LogP contribution in [0.3, 0.4) is 0 Å². The summed E-state index contributed by atoms with van der Waals surface area (Å²) in [6, 6.07) is 1.33. The zero-order valence-electron chi connectivity index (χ0n) is 7.64. The van der Waals surface area contributed by atoms with Crippen LogP contribution >= 0.6 is 0 Å². The minimum Gasteiger partial charge on any atom is -0.405 e. The number of alkyl halides is 3. The molecule has 0 aromatic heterocycles. The number of benzene rings is 1. The number of nitrogens with two attached hydrogens (primary N) is 2. The molecule has 0 saturated carbocycles. The second-order valence-electron chi connectivity index (χ2n) is 2.79. The summed E-state index contributed by atoms with van der Waals surface area (Å²) in [5.74, 6) is -3.71. The van der Waals surface area contributed by atoms with Crippen molar-refractivity contribution < 1.29 is 27.1 Å². The van der Waals surface area contributed by atoms with Gasteiger partial charge >= 0.3 is 6.36 Å². The van der Waals surface area contributed by atoms with Gasteiger partial charge in [-0.2, -0.15) is 0 Å². The first-order chi connectivity index (χ1) is 7.20. The fourth-order valence-corrected chi connectivity index (χ4v) is 1.05. The van der Waals surface area contributed by atoms with Crippen LogP contribution in [0.1, 0.15) is 10.4 Å². The number of halogens is 4. The van der Waals surface area contributed by atoms with Gasteiger partial charge in [0.15, 0.2) is 0 Å². The molecule has 0 unspecified atom stereocenters. The summed E-state index contributed by atoms with van der Waals surface area (Å²) in [5.41, 5.74) is 8.51. The Morgan fingerprint density at radius 3 is 2.31 bits per heavy atom. The quantitative estimate of drug-likeness (QED) is 0.603. The van der Waals surface area contributed by atoms with Crippen molar-refractivity contribution in [2.75, 3.05) is 5.73 Å². The fraction of sp³-hybridized carbons (Fsp3) is 0.125. The van der Waals surface area contributed by atoms with Crippen LogP contribution in [0.15, 0.2) is 12.1 Å². The lowest BCUT2D eigenvalue weighted by molar-refractivity contribution is -0.274. The standard InChI is InChI=1S/C8H6F4N2O2/c9-4-1-3(13)2-5(6(4)7(14)15)16-8(10,11)12/h1-2H,13H2,(H2,14,15). The third-order valence-electron chi connectivity index (χ3n) is 1.55. The van der Waals surface area contributed by atoms with E-state index in [1.165, 1.54) is 0 Å². The number of amides is 1. The zero-order valence-corrected chi connectivity index (χ0v) is 7.64. The Kier molecular flexibility index (Phi) is 2.92. The molecule has 0 aliphatic carbocycles. The van der Waals surface area contributed by atoms with Crippen LogP contribution in [0.2, 0.25) is 0 Å². The summed E-state index contributed by atoms with van der Waals surface area (Å²) in [7, 11) is 0. The number of carbonyl (C=O) groups excluding carboxylic acids is 1.